The molecule has 0 saturated carbocycles. The summed E-state index contributed by atoms with van der Waals surface area (Å²) in [5.41, 5.74) is 2.00. The Balaban J connectivity index is 1.55. The molecule has 0 aliphatic carbocycles. The zero-order chi connectivity index (χ0) is 20.2. The van der Waals surface area contributed by atoms with Gasteiger partial charge in [0.05, 0.1) is 18.9 Å². The highest BCUT2D eigenvalue weighted by Crippen LogP contribution is 2.36. The second kappa shape index (κ2) is 8.40. The molecule has 150 valence electrons. The summed E-state index contributed by atoms with van der Waals surface area (Å²) in [6.07, 6.45) is 0. The molecule has 1 aromatic heterocycles. The fourth-order valence-corrected chi connectivity index (χ4v) is 3.61. The van der Waals surface area contributed by atoms with E-state index < -0.39 is 0 Å². The Morgan fingerprint density at radius 2 is 1.93 bits per heavy atom. The molecule has 4 rings (SSSR count). The lowest BCUT2D eigenvalue weighted by Gasteiger charge is -2.11. The van der Waals surface area contributed by atoms with Gasteiger partial charge >= 0.3 is 0 Å². The van der Waals surface area contributed by atoms with Gasteiger partial charge in [-0.15, -0.1) is 11.3 Å². The maximum Gasteiger partial charge on any atom is 0.257 e. The number of anilines is 1. The summed E-state index contributed by atoms with van der Waals surface area (Å²) in [5, 5.41) is 5.20. The summed E-state index contributed by atoms with van der Waals surface area (Å²) in [4.78, 5) is 17.1. The van der Waals surface area contributed by atoms with Gasteiger partial charge in [0, 0.05) is 16.5 Å². The van der Waals surface area contributed by atoms with E-state index in [0.717, 1.165) is 17.1 Å². The van der Waals surface area contributed by atoms with Crippen molar-refractivity contribution in [3.05, 3.63) is 47.3 Å². The number of hydrogen-bond donors (Lipinski definition) is 1. The number of carbonyl (C=O) groups is 1. The number of fused-ring (bicyclic) bond motifs is 1. The number of rotatable bonds is 7. The Hall–Kier alpha value is -3.26. The molecule has 2 aromatic carbocycles. The van der Waals surface area contributed by atoms with Crippen LogP contribution in [-0.4, -0.2) is 30.9 Å². The summed E-state index contributed by atoms with van der Waals surface area (Å²) in [5.74, 6) is 2.39. The first kappa shape index (κ1) is 19.1. The average Bonchev–Trinajstić information content (AvgIpc) is 3.38. The highest BCUT2D eigenvalue weighted by Gasteiger charge is 2.18. The minimum Gasteiger partial charge on any atom is -0.494 e. The highest BCUT2D eigenvalue weighted by atomic mass is 32.1. The van der Waals surface area contributed by atoms with Gasteiger partial charge in [-0.1, -0.05) is 0 Å². The van der Waals surface area contributed by atoms with E-state index in [2.05, 4.69) is 10.3 Å². The third-order valence-corrected chi connectivity index (χ3v) is 4.95. The molecule has 0 saturated heterocycles. The lowest BCUT2D eigenvalue weighted by Crippen LogP contribution is -2.11. The van der Waals surface area contributed by atoms with Gasteiger partial charge in [-0.3, -0.25) is 10.1 Å². The number of aromatic nitrogens is 1. The molecule has 0 atom stereocenters. The van der Waals surface area contributed by atoms with Gasteiger partial charge in [-0.25, -0.2) is 4.98 Å². The van der Waals surface area contributed by atoms with Crippen LogP contribution in [0.5, 0.6) is 23.0 Å². The van der Waals surface area contributed by atoms with E-state index in [1.165, 1.54) is 11.3 Å². The van der Waals surface area contributed by atoms with Gasteiger partial charge in [0.25, 0.3) is 5.91 Å². The number of hydrogen-bond acceptors (Lipinski definition) is 7. The van der Waals surface area contributed by atoms with Crippen molar-refractivity contribution in [1.29, 1.82) is 0 Å². The van der Waals surface area contributed by atoms with Gasteiger partial charge in [0.15, 0.2) is 16.6 Å². The number of carbonyl (C=O) groups excluding carboxylic acids is 1. The lowest BCUT2D eigenvalue weighted by molar-refractivity contribution is 0.102. The Morgan fingerprint density at radius 1 is 1.10 bits per heavy atom. The van der Waals surface area contributed by atoms with Crippen molar-refractivity contribution in [1.82, 2.24) is 4.98 Å². The fraction of sp³-hybridized carbons (Fsp3) is 0.238. The van der Waals surface area contributed by atoms with Crippen molar-refractivity contribution in [3.63, 3.8) is 0 Å². The van der Waals surface area contributed by atoms with E-state index >= 15 is 0 Å². The van der Waals surface area contributed by atoms with Crippen molar-refractivity contribution in [2.75, 3.05) is 25.3 Å². The third kappa shape index (κ3) is 4.12. The van der Waals surface area contributed by atoms with Crippen molar-refractivity contribution < 1.29 is 23.7 Å². The smallest absolute Gasteiger partial charge is 0.257 e. The van der Waals surface area contributed by atoms with Crippen LogP contribution in [0.1, 0.15) is 24.2 Å². The predicted molar refractivity (Wildman–Crippen MR) is 110 cm³/mol. The van der Waals surface area contributed by atoms with Crippen molar-refractivity contribution in [2.45, 2.75) is 13.8 Å². The maximum absolute atomic E-state index is 12.6. The Labute approximate surface area is 172 Å². The molecule has 3 aromatic rings. The van der Waals surface area contributed by atoms with E-state index in [4.69, 9.17) is 18.9 Å². The maximum atomic E-state index is 12.6. The summed E-state index contributed by atoms with van der Waals surface area (Å²) in [6.45, 7) is 5.14. The minimum absolute atomic E-state index is 0.166. The molecule has 0 bridgehead atoms. The molecule has 1 amide bonds. The van der Waals surface area contributed by atoms with Gasteiger partial charge in [-0.05, 0) is 50.2 Å². The average molecular weight is 412 g/mol. The fourth-order valence-electron chi connectivity index (χ4n) is 2.91. The van der Waals surface area contributed by atoms with E-state index in [0.29, 0.717) is 41.1 Å². The van der Waals surface area contributed by atoms with Gasteiger partial charge in [0.1, 0.15) is 11.5 Å². The SMILES string of the molecule is CCOc1ccc(OCC)c(-c2csc(NC(=O)c3ccc4c(c3)OCO4)n2)c1. The summed E-state index contributed by atoms with van der Waals surface area (Å²) in [7, 11) is 0. The zero-order valence-corrected chi connectivity index (χ0v) is 16.9. The largest absolute Gasteiger partial charge is 0.494 e. The Kier molecular flexibility index (Phi) is 5.53. The summed E-state index contributed by atoms with van der Waals surface area (Å²) >= 11 is 1.34. The van der Waals surface area contributed by atoms with Crippen LogP contribution in [-0.2, 0) is 0 Å². The molecule has 0 spiro atoms. The molecular formula is C21H20N2O5S. The van der Waals surface area contributed by atoms with E-state index in [9.17, 15) is 4.79 Å². The first-order valence-electron chi connectivity index (χ1n) is 9.24. The van der Waals surface area contributed by atoms with E-state index in [1.54, 1.807) is 18.2 Å². The minimum atomic E-state index is -0.266. The van der Waals surface area contributed by atoms with Crippen LogP contribution in [0.4, 0.5) is 5.13 Å². The number of amides is 1. The van der Waals surface area contributed by atoms with Gasteiger partial charge in [0.2, 0.25) is 6.79 Å². The first-order valence-corrected chi connectivity index (χ1v) is 10.1. The molecule has 8 heteroatoms. The molecule has 29 heavy (non-hydrogen) atoms. The number of nitrogens with zero attached hydrogens (tertiary/aromatic N) is 1. The van der Waals surface area contributed by atoms with Crippen LogP contribution >= 0.6 is 11.3 Å². The standard InChI is InChI=1S/C21H20N2O5S/c1-3-25-14-6-8-17(26-4-2)15(10-14)16-11-29-21(22-16)23-20(24)13-5-7-18-19(9-13)28-12-27-18/h5-11H,3-4,12H2,1-2H3,(H,22,23,24). The molecule has 1 N–H and O–H groups in total. The van der Waals surface area contributed by atoms with Crippen molar-refractivity contribution in [3.8, 4) is 34.3 Å². The van der Waals surface area contributed by atoms with Crippen molar-refractivity contribution in [2.24, 2.45) is 0 Å². The second-order valence-corrected chi connectivity index (χ2v) is 6.94. The summed E-state index contributed by atoms with van der Waals surface area (Å²) < 4.78 is 21.9. The van der Waals surface area contributed by atoms with Crippen LogP contribution in [0.25, 0.3) is 11.3 Å². The number of thiazole rings is 1. The van der Waals surface area contributed by atoms with Crippen molar-refractivity contribution >= 4 is 22.4 Å². The van der Waals surface area contributed by atoms with Gasteiger partial charge in [-0.2, -0.15) is 0 Å². The monoisotopic (exact) mass is 412 g/mol. The highest BCUT2D eigenvalue weighted by molar-refractivity contribution is 7.14. The predicted octanol–water partition coefficient (Wildman–Crippen LogP) is 4.59. The normalized spacial score (nSPS) is 11.9. The zero-order valence-electron chi connectivity index (χ0n) is 16.1. The number of benzene rings is 2. The summed E-state index contributed by atoms with van der Waals surface area (Å²) in [6, 6.07) is 10.7. The molecule has 2 heterocycles. The molecule has 7 nitrogen and oxygen atoms in total. The van der Waals surface area contributed by atoms with E-state index in [-0.39, 0.29) is 12.7 Å². The third-order valence-electron chi connectivity index (χ3n) is 4.20. The molecule has 1 aliphatic rings. The molecule has 0 unspecified atom stereocenters. The van der Waals surface area contributed by atoms with Crippen LogP contribution in [0.15, 0.2) is 41.8 Å². The second-order valence-electron chi connectivity index (χ2n) is 6.08. The Morgan fingerprint density at radius 3 is 2.76 bits per heavy atom. The first-order chi connectivity index (χ1) is 14.2. The van der Waals surface area contributed by atoms with Crippen LogP contribution in [0, 0.1) is 0 Å². The molecule has 0 fully saturated rings. The quantitative estimate of drug-likeness (QED) is 0.612. The Bertz CT molecular complexity index is 1030. The topological polar surface area (TPSA) is 78.9 Å². The molecule has 0 radical (unpaired) electrons. The van der Waals surface area contributed by atoms with Crippen LogP contribution < -0.4 is 24.3 Å². The lowest BCUT2D eigenvalue weighted by atomic mass is 10.1. The molecular weight excluding hydrogens is 392 g/mol. The van der Waals surface area contributed by atoms with Crippen LogP contribution in [0.3, 0.4) is 0 Å². The molecule has 1 aliphatic heterocycles. The van der Waals surface area contributed by atoms with Crippen LogP contribution in [0.2, 0.25) is 0 Å². The number of ether oxygens (including phenoxy) is 4. The number of nitrogens with one attached hydrogen (secondary N) is 1. The van der Waals surface area contributed by atoms with E-state index in [1.807, 2.05) is 37.4 Å². The van der Waals surface area contributed by atoms with Gasteiger partial charge < -0.3 is 18.9 Å².